The molecule has 130 valence electrons. The van der Waals surface area contributed by atoms with E-state index in [0.29, 0.717) is 6.61 Å². The van der Waals surface area contributed by atoms with E-state index in [9.17, 15) is 4.79 Å². The molecule has 24 heavy (non-hydrogen) atoms. The Bertz CT molecular complexity index is 625. The number of urea groups is 1. The molecule has 4 rings (SSSR count). The first-order valence-corrected chi connectivity index (χ1v) is 9.08. The number of hydrogen-bond donors (Lipinski definition) is 2. The zero-order chi connectivity index (χ0) is 16.6. The van der Waals surface area contributed by atoms with Crippen LogP contribution in [-0.4, -0.2) is 30.9 Å². The fourth-order valence-corrected chi connectivity index (χ4v) is 4.36. The average molecular weight is 330 g/mol. The molecular weight excluding hydrogens is 304 g/mol. The van der Waals surface area contributed by atoms with Crippen LogP contribution in [0.1, 0.15) is 55.7 Å². The van der Waals surface area contributed by atoms with Crippen molar-refractivity contribution in [3.8, 4) is 5.75 Å². The van der Waals surface area contributed by atoms with E-state index >= 15 is 0 Å². The van der Waals surface area contributed by atoms with Crippen LogP contribution in [-0.2, 0) is 4.74 Å². The molecule has 2 heterocycles. The van der Waals surface area contributed by atoms with Gasteiger partial charge in [-0.3, -0.25) is 0 Å². The van der Waals surface area contributed by atoms with Crippen molar-refractivity contribution in [2.45, 2.75) is 63.1 Å². The van der Waals surface area contributed by atoms with Gasteiger partial charge < -0.3 is 20.1 Å². The molecule has 2 atom stereocenters. The van der Waals surface area contributed by atoms with E-state index in [2.05, 4.69) is 23.6 Å². The molecule has 0 bridgehead atoms. The fraction of sp³-hybridized carbons (Fsp3) is 0.632. The van der Waals surface area contributed by atoms with Crippen LogP contribution < -0.4 is 15.4 Å². The molecule has 5 nitrogen and oxygen atoms in total. The third-order valence-corrected chi connectivity index (χ3v) is 5.59. The molecule has 1 aromatic rings. The van der Waals surface area contributed by atoms with E-state index in [-0.39, 0.29) is 23.7 Å². The Kier molecular flexibility index (Phi) is 4.12. The second kappa shape index (κ2) is 6.28. The Morgan fingerprint density at radius 3 is 2.92 bits per heavy atom. The number of amides is 2. The highest BCUT2D eigenvalue weighted by Crippen LogP contribution is 2.40. The highest BCUT2D eigenvalue weighted by molar-refractivity contribution is 5.75. The number of nitrogens with one attached hydrogen (secondary N) is 2. The molecule has 0 radical (unpaired) electrons. The third-order valence-electron chi connectivity index (χ3n) is 5.59. The predicted molar refractivity (Wildman–Crippen MR) is 91.3 cm³/mol. The summed E-state index contributed by atoms with van der Waals surface area (Å²) in [6.07, 6.45) is 6.60. The molecule has 1 spiro atoms. The molecule has 1 saturated heterocycles. The Hall–Kier alpha value is -1.75. The lowest BCUT2D eigenvalue weighted by Gasteiger charge is -2.38. The first-order chi connectivity index (χ1) is 11.6. The lowest BCUT2D eigenvalue weighted by molar-refractivity contribution is -0.0820. The van der Waals surface area contributed by atoms with Gasteiger partial charge in [0.05, 0.1) is 11.6 Å². The number of benzene rings is 1. The maximum atomic E-state index is 12.4. The lowest BCUT2D eigenvalue weighted by Crippen LogP contribution is -2.50. The lowest BCUT2D eigenvalue weighted by atomic mass is 9.89. The predicted octanol–water partition coefficient (Wildman–Crippen LogP) is 3.22. The van der Waals surface area contributed by atoms with Crippen LogP contribution in [0.3, 0.4) is 0 Å². The van der Waals surface area contributed by atoms with Gasteiger partial charge in [-0.15, -0.1) is 0 Å². The van der Waals surface area contributed by atoms with E-state index in [1.54, 1.807) is 0 Å². The van der Waals surface area contributed by atoms with Crippen LogP contribution in [0, 0.1) is 6.92 Å². The molecule has 2 N–H and O–H groups in total. The molecular formula is C19H26N2O3. The van der Waals surface area contributed by atoms with Gasteiger partial charge in [0.2, 0.25) is 0 Å². The van der Waals surface area contributed by atoms with Gasteiger partial charge in [-0.1, -0.05) is 30.5 Å². The van der Waals surface area contributed by atoms with Gasteiger partial charge in [0, 0.05) is 18.2 Å². The standard InChI is InChI=1S/C19H26N2O3/c1-13-4-5-17-15(10-13)16(12-23-17)21-18(22)20-14-6-9-24-19(11-14)7-2-3-8-19/h4-5,10,14,16H,2-3,6-9,11-12H2,1H3,(H2,20,21,22)/t14-,16-/m1/s1. The quantitative estimate of drug-likeness (QED) is 0.875. The molecule has 0 aromatic heterocycles. The molecule has 2 amide bonds. The second-order valence-electron chi connectivity index (χ2n) is 7.45. The summed E-state index contributed by atoms with van der Waals surface area (Å²) in [4.78, 5) is 12.4. The Labute approximate surface area is 143 Å². The summed E-state index contributed by atoms with van der Waals surface area (Å²) >= 11 is 0. The summed E-state index contributed by atoms with van der Waals surface area (Å²) in [5, 5.41) is 6.23. The van der Waals surface area contributed by atoms with Gasteiger partial charge in [0.25, 0.3) is 0 Å². The van der Waals surface area contributed by atoms with Gasteiger partial charge in [-0.25, -0.2) is 4.79 Å². The van der Waals surface area contributed by atoms with Gasteiger partial charge in [0.1, 0.15) is 12.4 Å². The van der Waals surface area contributed by atoms with Gasteiger partial charge in [-0.2, -0.15) is 0 Å². The van der Waals surface area contributed by atoms with E-state index in [1.165, 1.54) is 18.4 Å². The molecule has 1 aromatic carbocycles. The summed E-state index contributed by atoms with van der Waals surface area (Å²) in [7, 11) is 0. The fourth-order valence-electron chi connectivity index (χ4n) is 4.36. The number of carbonyl (C=O) groups excluding carboxylic acids is 1. The number of carbonyl (C=O) groups is 1. The largest absolute Gasteiger partial charge is 0.491 e. The van der Waals surface area contributed by atoms with E-state index < -0.39 is 0 Å². The topological polar surface area (TPSA) is 59.6 Å². The number of hydrogen-bond acceptors (Lipinski definition) is 3. The van der Waals surface area contributed by atoms with Crippen molar-refractivity contribution >= 4 is 6.03 Å². The normalized spacial score (nSPS) is 27.5. The molecule has 1 saturated carbocycles. The van der Waals surface area contributed by atoms with Crippen molar-refractivity contribution < 1.29 is 14.3 Å². The smallest absolute Gasteiger partial charge is 0.315 e. The van der Waals surface area contributed by atoms with Crippen molar-refractivity contribution in [2.24, 2.45) is 0 Å². The number of ether oxygens (including phenoxy) is 2. The number of aryl methyl sites for hydroxylation is 1. The molecule has 3 aliphatic rings. The van der Waals surface area contributed by atoms with Crippen molar-refractivity contribution in [3.05, 3.63) is 29.3 Å². The van der Waals surface area contributed by atoms with Crippen LogP contribution in [0.4, 0.5) is 4.79 Å². The summed E-state index contributed by atoms with van der Waals surface area (Å²) in [6, 6.07) is 6.14. The van der Waals surface area contributed by atoms with Crippen LogP contribution in [0.2, 0.25) is 0 Å². The van der Waals surface area contributed by atoms with Crippen LogP contribution in [0.5, 0.6) is 5.75 Å². The SMILES string of the molecule is Cc1ccc2c(c1)[C@H](NC(=O)N[C@@H]1CCOC3(CCCC3)C1)CO2. The Morgan fingerprint density at radius 1 is 1.25 bits per heavy atom. The maximum Gasteiger partial charge on any atom is 0.315 e. The summed E-state index contributed by atoms with van der Waals surface area (Å²) in [5.74, 6) is 0.877. The second-order valence-corrected chi connectivity index (χ2v) is 7.45. The minimum absolute atomic E-state index is 0.0242. The van der Waals surface area contributed by atoms with Crippen molar-refractivity contribution in [2.75, 3.05) is 13.2 Å². The zero-order valence-corrected chi connectivity index (χ0v) is 14.3. The van der Waals surface area contributed by atoms with E-state index in [1.807, 2.05) is 12.1 Å². The summed E-state index contributed by atoms with van der Waals surface area (Å²) in [6.45, 7) is 3.31. The van der Waals surface area contributed by atoms with Crippen molar-refractivity contribution in [1.82, 2.24) is 10.6 Å². The Balaban J connectivity index is 1.35. The molecule has 5 heteroatoms. The number of rotatable bonds is 2. The minimum atomic E-state index is -0.0991. The maximum absolute atomic E-state index is 12.4. The summed E-state index contributed by atoms with van der Waals surface area (Å²) in [5.41, 5.74) is 2.28. The highest BCUT2D eigenvalue weighted by atomic mass is 16.5. The van der Waals surface area contributed by atoms with Crippen LogP contribution in [0.15, 0.2) is 18.2 Å². The molecule has 1 aliphatic carbocycles. The molecule has 2 aliphatic heterocycles. The van der Waals surface area contributed by atoms with E-state index in [0.717, 1.165) is 43.6 Å². The van der Waals surface area contributed by atoms with Crippen molar-refractivity contribution in [3.63, 3.8) is 0 Å². The first kappa shape index (κ1) is 15.8. The highest BCUT2D eigenvalue weighted by Gasteiger charge is 2.40. The zero-order valence-electron chi connectivity index (χ0n) is 14.3. The Morgan fingerprint density at radius 2 is 2.08 bits per heavy atom. The minimum Gasteiger partial charge on any atom is -0.491 e. The van der Waals surface area contributed by atoms with Crippen molar-refractivity contribution in [1.29, 1.82) is 0 Å². The van der Waals surface area contributed by atoms with Crippen LogP contribution in [0.25, 0.3) is 0 Å². The van der Waals surface area contributed by atoms with Gasteiger partial charge in [0.15, 0.2) is 0 Å². The number of fused-ring (bicyclic) bond motifs is 1. The van der Waals surface area contributed by atoms with E-state index in [4.69, 9.17) is 9.47 Å². The van der Waals surface area contributed by atoms with Gasteiger partial charge >= 0.3 is 6.03 Å². The average Bonchev–Trinajstić information content (AvgIpc) is 3.15. The van der Waals surface area contributed by atoms with Crippen LogP contribution >= 0.6 is 0 Å². The first-order valence-electron chi connectivity index (χ1n) is 9.08. The molecule has 0 unspecified atom stereocenters. The third kappa shape index (κ3) is 3.09. The molecule has 2 fully saturated rings. The van der Waals surface area contributed by atoms with Gasteiger partial charge in [-0.05, 0) is 38.7 Å². The summed E-state index contributed by atoms with van der Waals surface area (Å²) < 4.78 is 11.7. The monoisotopic (exact) mass is 330 g/mol.